The standard InChI is InChI=1S/C21H32N2O3/c1-5-6-16-7-9-18(10-8-16)26-15-19(24)23-13-11-17(12-14-23)22-20(25)21(2,3)4/h7-10,17H,5-6,11-15H2,1-4H3,(H,22,25). The topological polar surface area (TPSA) is 58.6 Å². The van der Waals surface area contributed by atoms with Crippen molar-refractivity contribution in [2.24, 2.45) is 5.41 Å². The zero-order valence-electron chi connectivity index (χ0n) is 16.5. The van der Waals surface area contributed by atoms with Gasteiger partial charge in [-0.1, -0.05) is 46.2 Å². The van der Waals surface area contributed by atoms with Crippen molar-refractivity contribution in [3.63, 3.8) is 0 Å². The molecule has 0 atom stereocenters. The number of carbonyl (C=O) groups excluding carboxylic acids is 2. The van der Waals surface area contributed by atoms with Crippen LogP contribution in [0.3, 0.4) is 0 Å². The number of rotatable bonds is 6. The Labute approximate surface area is 157 Å². The van der Waals surface area contributed by atoms with E-state index >= 15 is 0 Å². The van der Waals surface area contributed by atoms with Gasteiger partial charge >= 0.3 is 0 Å². The minimum Gasteiger partial charge on any atom is -0.484 e. The highest BCUT2D eigenvalue weighted by Crippen LogP contribution is 2.17. The molecule has 2 amide bonds. The highest BCUT2D eigenvalue weighted by molar-refractivity contribution is 5.81. The summed E-state index contributed by atoms with van der Waals surface area (Å²) >= 11 is 0. The molecule has 0 unspecified atom stereocenters. The van der Waals surface area contributed by atoms with Crippen LogP contribution in [0.1, 0.15) is 52.5 Å². The third-order valence-electron chi connectivity index (χ3n) is 4.69. The van der Waals surface area contributed by atoms with Crippen LogP contribution in [0.5, 0.6) is 5.75 Å². The maximum absolute atomic E-state index is 12.3. The van der Waals surface area contributed by atoms with Gasteiger partial charge in [-0.3, -0.25) is 9.59 Å². The smallest absolute Gasteiger partial charge is 0.260 e. The lowest BCUT2D eigenvalue weighted by Crippen LogP contribution is -2.49. The van der Waals surface area contributed by atoms with Crippen LogP contribution in [0.4, 0.5) is 0 Å². The third-order valence-corrected chi connectivity index (χ3v) is 4.69. The van der Waals surface area contributed by atoms with Gasteiger partial charge in [-0.25, -0.2) is 0 Å². The van der Waals surface area contributed by atoms with Crippen LogP contribution < -0.4 is 10.1 Å². The molecule has 5 heteroatoms. The second kappa shape index (κ2) is 9.06. The number of nitrogens with zero attached hydrogens (tertiary/aromatic N) is 1. The molecule has 1 fully saturated rings. The van der Waals surface area contributed by atoms with E-state index in [-0.39, 0.29) is 29.9 Å². The predicted octanol–water partition coefficient (Wildman–Crippen LogP) is 3.17. The van der Waals surface area contributed by atoms with E-state index in [2.05, 4.69) is 12.2 Å². The molecule has 1 aliphatic heterocycles. The Kier molecular flexibility index (Phi) is 7.06. The van der Waals surface area contributed by atoms with E-state index in [1.807, 2.05) is 49.9 Å². The molecule has 1 saturated heterocycles. The summed E-state index contributed by atoms with van der Waals surface area (Å²) in [7, 11) is 0. The number of piperidine rings is 1. The fourth-order valence-electron chi connectivity index (χ4n) is 2.95. The largest absolute Gasteiger partial charge is 0.484 e. The van der Waals surface area contributed by atoms with Crippen LogP contribution in [-0.2, 0) is 16.0 Å². The molecule has 0 saturated carbocycles. The fourth-order valence-corrected chi connectivity index (χ4v) is 2.95. The van der Waals surface area contributed by atoms with Crippen LogP contribution in [0, 0.1) is 5.41 Å². The molecule has 1 heterocycles. The zero-order valence-corrected chi connectivity index (χ0v) is 16.5. The summed E-state index contributed by atoms with van der Waals surface area (Å²) in [6, 6.07) is 8.09. The van der Waals surface area contributed by atoms with E-state index in [4.69, 9.17) is 4.74 Å². The Morgan fingerprint density at radius 1 is 1.15 bits per heavy atom. The molecule has 5 nitrogen and oxygen atoms in total. The van der Waals surface area contributed by atoms with Gasteiger partial charge in [-0.15, -0.1) is 0 Å². The number of hydrogen-bond donors (Lipinski definition) is 1. The number of ether oxygens (including phenoxy) is 1. The highest BCUT2D eigenvalue weighted by Gasteiger charge is 2.27. The molecular weight excluding hydrogens is 328 g/mol. The molecule has 1 N–H and O–H groups in total. The Balaban J connectivity index is 1.73. The number of amides is 2. The second-order valence-electron chi connectivity index (χ2n) is 8.06. The van der Waals surface area contributed by atoms with Crippen molar-refractivity contribution >= 4 is 11.8 Å². The summed E-state index contributed by atoms with van der Waals surface area (Å²) in [6.45, 7) is 9.26. The molecule has 0 aromatic heterocycles. The van der Waals surface area contributed by atoms with Crippen molar-refractivity contribution in [1.29, 1.82) is 0 Å². The molecule has 0 spiro atoms. The lowest BCUT2D eigenvalue weighted by molar-refractivity contribution is -0.134. The fraction of sp³-hybridized carbons (Fsp3) is 0.619. The van der Waals surface area contributed by atoms with Crippen LogP contribution in [0.2, 0.25) is 0 Å². The van der Waals surface area contributed by atoms with Gasteiger partial charge in [-0.2, -0.15) is 0 Å². The number of aryl methyl sites for hydroxylation is 1. The number of carbonyl (C=O) groups is 2. The summed E-state index contributed by atoms with van der Waals surface area (Å²) in [6.07, 6.45) is 3.75. The minimum absolute atomic E-state index is 0.00299. The Morgan fingerprint density at radius 3 is 2.31 bits per heavy atom. The number of benzene rings is 1. The van der Waals surface area contributed by atoms with Gasteiger partial charge in [0.15, 0.2) is 6.61 Å². The first-order valence-corrected chi connectivity index (χ1v) is 9.60. The van der Waals surface area contributed by atoms with Gasteiger partial charge in [0.2, 0.25) is 5.91 Å². The molecule has 1 aliphatic rings. The first-order chi connectivity index (χ1) is 12.3. The summed E-state index contributed by atoms with van der Waals surface area (Å²) in [5, 5.41) is 3.08. The van der Waals surface area contributed by atoms with E-state index in [1.54, 1.807) is 0 Å². The van der Waals surface area contributed by atoms with E-state index in [0.29, 0.717) is 13.1 Å². The minimum atomic E-state index is -0.381. The van der Waals surface area contributed by atoms with Crippen molar-refractivity contribution in [2.45, 2.75) is 59.4 Å². The van der Waals surface area contributed by atoms with Gasteiger partial charge in [0.05, 0.1) is 0 Å². The summed E-state index contributed by atoms with van der Waals surface area (Å²) in [5.41, 5.74) is 0.901. The first-order valence-electron chi connectivity index (χ1n) is 9.60. The normalized spacial score (nSPS) is 15.6. The monoisotopic (exact) mass is 360 g/mol. The Hall–Kier alpha value is -2.04. The highest BCUT2D eigenvalue weighted by atomic mass is 16.5. The van der Waals surface area contributed by atoms with Crippen molar-refractivity contribution in [3.05, 3.63) is 29.8 Å². The molecule has 0 radical (unpaired) electrons. The quantitative estimate of drug-likeness (QED) is 0.848. The first kappa shape index (κ1) is 20.3. The van der Waals surface area contributed by atoms with Crippen LogP contribution in [-0.4, -0.2) is 42.5 Å². The Bertz CT molecular complexity index is 597. The van der Waals surface area contributed by atoms with Crippen molar-refractivity contribution in [3.8, 4) is 5.75 Å². The van der Waals surface area contributed by atoms with E-state index in [0.717, 1.165) is 31.4 Å². The second-order valence-corrected chi connectivity index (χ2v) is 8.06. The predicted molar refractivity (Wildman–Crippen MR) is 103 cm³/mol. The number of nitrogens with one attached hydrogen (secondary N) is 1. The van der Waals surface area contributed by atoms with Gasteiger partial charge < -0.3 is 15.0 Å². The van der Waals surface area contributed by atoms with Gasteiger partial charge in [0, 0.05) is 24.5 Å². The van der Waals surface area contributed by atoms with Crippen molar-refractivity contribution in [2.75, 3.05) is 19.7 Å². The summed E-state index contributed by atoms with van der Waals surface area (Å²) < 4.78 is 5.63. The van der Waals surface area contributed by atoms with E-state index in [1.165, 1.54) is 5.56 Å². The third kappa shape index (κ3) is 6.04. The van der Waals surface area contributed by atoms with E-state index in [9.17, 15) is 9.59 Å². The van der Waals surface area contributed by atoms with Gasteiger partial charge in [-0.05, 0) is 37.0 Å². The van der Waals surface area contributed by atoms with Crippen molar-refractivity contribution in [1.82, 2.24) is 10.2 Å². The lowest BCUT2D eigenvalue weighted by Gasteiger charge is -2.33. The lowest BCUT2D eigenvalue weighted by atomic mass is 9.94. The molecule has 144 valence electrons. The average Bonchev–Trinajstić information content (AvgIpc) is 2.61. The van der Waals surface area contributed by atoms with Crippen molar-refractivity contribution < 1.29 is 14.3 Å². The molecule has 1 aromatic rings. The molecule has 0 bridgehead atoms. The molecule has 26 heavy (non-hydrogen) atoms. The molecule has 1 aromatic carbocycles. The maximum Gasteiger partial charge on any atom is 0.260 e. The van der Waals surface area contributed by atoms with Crippen LogP contribution >= 0.6 is 0 Å². The van der Waals surface area contributed by atoms with Crippen LogP contribution in [0.15, 0.2) is 24.3 Å². The van der Waals surface area contributed by atoms with E-state index < -0.39 is 0 Å². The summed E-state index contributed by atoms with van der Waals surface area (Å²) in [5.74, 6) is 0.797. The van der Waals surface area contributed by atoms with Gasteiger partial charge in [0.1, 0.15) is 5.75 Å². The van der Waals surface area contributed by atoms with Gasteiger partial charge in [0.25, 0.3) is 5.91 Å². The zero-order chi connectivity index (χ0) is 19.2. The molecule has 2 rings (SSSR count). The molecular formula is C21H32N2O3. The summed E-state index contributed by atoms with van der Waals surface area (Å²) in [4.78, 5) is 26.2. The Morgan fingerprint density at radius 2 is 1.77 bits per heavy atom. The molecule has 0 aliphatic carbocycles. The average molecular weight is 360 g/mol. The van der Waals surface area contributed by atoms with Crippen LogP contribution in [0.25, 0.3) is 0 Å². The number of hydrogen-bond acceptors (Lipinski definition) is 3. The maximum atomic E-state index is 12.3. The SMILES string of the molecule is CCCc1ccc(OCC(=O)N2CCC(NC(=O)C(C)(C)C)CC2)cc1. The number of likely N-dealkylation sites (tertiary alicyclic amines) is 1.